The molecule has 116 valence electrons. The van der Waals surface area contributed by atoms with Crippen LogP contribution in [0.4, 0.5) is 0 Å². The summed E-state index contributed by atoms with van der Waals surface area (Å²) in [6.45, 7) is 4.83. The molecule has 22 heavy (non-hydrogen) atoms. The van der Waals surface area contributed by atoms with E-state index < -0.39 is 0 Å². The fraction of sp³-hybridized carbons (Fsp3) is 0.353. The van der Waals surface area contributed by atoms with Gasteiger partial charge < -0.3 is 10.1 Å². The Labute approximate surface area is 130 Å². The molecule has 5 heteroatoms. The molecule has 0 saturated carbocycles. The highest BCUT2D eigenvalue weighted by Crippen LogP contribution is 2.24. The van der Waals surface area contributed by atoms with E-state index in [1.54, 1.807) is 13.3 Å². The van der Waals surface area contributed by atoms with Gasteiger partial charge in [-0.2, -0.15) is 0 Å². The molecule has 0 spiro atoms. The third-order valence-corrected chi connectivity index (χ3v) is 3.45. The van der Waals surface area contributed by atoms with Gasteiger partial charge in [0, 0.05) is 18.9 Å². The molecule has 1 aromatic heterocycles. The molecule has 0 unspecified atom stereocenters. The van der Waals surface area contributed by atoms with E-state index in [1.807, 2.05) is 6.07 Å². The maximum atomic E-state index is 11.9. The lowest BCUT2D eigenvalue weighted by molar-refractivity contribution is 0.0948. The lowest BCUT2D eigenvalue weighted by Crippen LogP contribution is -2.26. The molecular formula is C17H21N3O2. The van der Waals surface area contributed by atoms with E-state index in [0.29, 0.717) is 24.6 Å². The first-order valence-corrected chi connectivity index (χ1v) is 7.33. The van der Waals surface area contributed by atoms with Gasteiger partial charge >= 0.3 is 0 Å². The average molecular weight is 299 g/mol. The standard InChI is InChI=1S/C17H21N3O2/c1-12(2)13-4-5-16(22-3)14(10-13)6-7-20-17(21)15-11-18-8-9-19-15/h4-5,8-12H,6-7H2,1-3H3,(H,20,21). The van der Waals surface area contributed by atoms with Crippen molar-refractivity contribution in [2.45, 2.75) is 26.2 Å². The Morgan fingerprint density at radius 2 is 2.14 bits per heavy atom. The lowest BCUT2D eigenvalue weighted by atomic mass is 9.99. The van der Waals surface area contributed by atoms with Gasteiger partial charge in [-0.25, -0.2) is 4.98 Å². The Hall–Kier alpha value is -2.43. The van der Waals surface area contributed by atoms with Crippen LogP contribution in [0.3, 0.4) is 0 Å². The quantitative estimate of drug-likeness (QED) is 0.890. The van der Waals surface area contributed by atoms with Crippen LogP contribution in [-0.4, -0.2) is 29.5 Å². The minimum absolute atomic E-state index is 0.216. The second-order valence-corrected chi connectivity index (χ2v) is 5.32. The minimum Gasteiger partial charge on any atom is -0.496 e. The van der Waals surface area contributed by atoms with Crippen molar-refractivity contribution in [1.82, 2.24) is 15.3 Å². The van der Waals surface area contributed by atoms with E-state index >= 15 is 0 Å². The number of nitrogens with one attached hydrogen (secondary N) is 1. The molecule has 0 aliphatic carbocycles. The summed E-state index contributed by atoms with van der Waals surface area (Å²) in [6, 6.07) is 6.19. The molecule has 1 aromatic carbocycles. The van der Waals surface area contributed by atoms with E-state index in [4.69, 9.17) is 4.74 Å². The fourth-order valence-electron chi connectivity index (χ4n) is 2.17. The van der Waals surface area contributed by atoms with Crippen molar-refractivity contribution < 1.29 is 9.53 Å². The number of nitrogens with zero attached hydrogens (tertiary/aromatic N) is 2. The van der Waals surface area contributed by atoms with Crippen LogP contribution in [-0.2, 0) is 6.42 Å². The van der Waals surface area contributed by atoms with Crippen molar-refractivity contribution in [2.75, 3.05) is 13.7 Å². The number of hydrogen-bond acceptors (Lipinski definition) is 4. The maximum Gasteiger partial charge on any atom is 0.271 e. The zero-order valence-electron chi connectivity index (χ0n) is 13.2. The summed E-state index contributed by atoms with van der Waals surface area (Å²) in [5.74, 6) is 1.09. The van der Waals surface area contributed by atoms with Crippen LogP contribution in [0.1, 0.15) is 41.4 Å². The van der Waals surface area contributed by atoms with Crippen LogP contribution in [0.15, 0.2) is 36.8 Å². The number of aromatic nitrogens is 2. The molecular weight excluding hydrogens is 278 g/mol. The van der Waals surface area contributed by atoms with E-state index in [1.165, 1.54) is 18.0 Å². The topological polar surface area (TPSA) is 64.1 Å². The average Bonchev–Trinajstić information content (AvgIpc) is 2.55. The molecule has 0 fully saturated rings. The molecule has 0 atom stereocenters. The Kier molecular flexibility index (Phi) is 5.47. The van der Waals surface area contributed by atoms with E-state index in [0.717, 1.165) is 11.3 Å². The molecule has 5 nitrogen and oxygen atoms in total. The molecule has 0 saturated heterocycles. The largest absolute Gasteiger partial charge is 0.496 e. The van der Waals surface area contributed by atoms with Gasteiger partial charge in [0.25, 0.3) is 5.91 Å². The van der Waals surface area contributed by atoms with Gasteiger partial charge in [-0.3, -0.25) is 9.78 Å². The number of amides is 1. The Morgan fingerprint density at radius 3 is 2.77 bits per heavy atom. The highest BCUT2D eigenvalue weighted by atomic mass is 16.5. The number of carbonyl (C=O) groups is 1. The van der Waals surface area contributed by atoms with Crippen molar-refractivity contribution in [2.24, 2.45) is 0 Å². The summed E-state index contributed by atoms with van der Waals surface area (Å²) in [7, 11) is 1.66. The molecule has 1 amide bonds. The fourth-order valence-corrected chi connectivity index (χ4v) is 2.17. The minimum atomic E-state index is -0.216. The number of hydrogen-bond donors (Lipinski definition) is 1. The Balaban J connectivity index is 1.99. The Bertz CT molecular complexity index is 627. The third-order valence-electron chi connectivity index (χ3n) is 3.45. The van der Waals surface area contributed by atoms with Gasteiger partial charge in [0.15, 0.2) is 0 Å². The number of carbonyl (C=O) groups excluding carboxylic acids is 1. The summed E-state index contributed by atoms with van der Waals surface area (Å²) in [5, 5.41) is 2.85. The van der Waals surface area contributed by atoms with Crippen molar-refractivity contribution in [3.05, 3.63) is 53.6 Å². The van der Waals surface area contributed by atoms with Crippen LogP contribution in [0.2, 0.25) is 0 Å². The second-order valence-electron chi connectivity index (χ2n) is 5.32. The summed E-state index contributed by atoms with van der Waals surface area (Å²) in [6.07, 6.45) is 5.20. The predicted molar refractivity (Wildman–Crippen MR) is 85.2 cm³/mol. The first-order chi connectivity index (χ1) is 10.6. The normalized spacial score (nSPS) is 10.5. The molecule has 2 aromatic rings. The number of ether oxygens (including phenoxy) is 1. The Morgan fingerprint density at radius 1 is 1.32 bits per heavy atom. The summed E-state index contributed by atoms with van der Waals surface area (Å²) in [5.41, 5.74) is 2.68. The maximum absolute atomic E-state index is 11.9. The summed E-state index contributed by atoms with van der Waals surface area (Å²) >= 11 is 0. The predicted octanol–water partition coefficient (Wildman–Crippen LogP) is 2.58. The number of methoxy groups -OCH3 is 1. The van der Waals surface area contributed by atoms with Gasteiger partial charge in [0.2, 0.25) is 0 Å². The van der Waals surface area contributed by atoms with Gasteiger partial charge in [-0.05, 0) is 29.5 Å². The molecule has 0 radical (unpaired) electrons. The monoisotopic (exact) mass is 299 g/mol. The van der Waals surface area contributed by atoms with Crippen LogP contribution in [0, 0.1) is 0 Å². The molecule has 0 aliphatic heterocycles. The zero-order valence-corrected chi connectivity index (χ0v) is 13.2. The molecule has 2 rings (SSSR count). The number of benzene rings is 1. The van der Waals surface area contributed by atoms with E-state index in [9.17, 15) is 4.79 Å². The second kappa shape index (κ2) is 7.54. The van der Waals surface area contributed by atoms with Crippen LogP contribution in [0.25, 0.3) is 0 Å². The lowest BCUT2D eigenvalue weighted by Gasteiger charge is -2.13. The molecule has 1 N–H and O–H groups in total. The van der Waals surface area contributed by atoms with Gasteiger partial charge in [0.05, 0.1) is 13.3 Å². The summed E-state index contributed by atoms with van der Waals surface area (Å²) < 4.78 is 5.39. The molecule has 0 bridgehead atoms. The van der Waals surface area contributed by atoms with Crippen molar-refractivity contribution in [1.29, 1.82) is 0 Å². The van der Waals surface area contributed by atoms with Crippen molar-refractivity contribution in [3.8, 4) is 5.75 Å². The van der Waals surface area contributed by atoms with Crippen molar-refractivity contribution in [3.63, 3.8) is 0 Å². The SMILES string of the molecule is COc1ccc(C(C)C)cc1CCNC(=O)c1cnccn1. The van der Waals surface area contributed by atoms with Crippen LogP contribution in [0.5, 0.6) is 5.75 Å². The smallest absolute Gasteiger partial charge is 0.271 e. The van der Waals surface area contributed by atoms with Gasteiger partial charge in [-0.15, -0.1) is 0 Å². The van der Waals surface area contributed by atoms with E-state index in [-0.39, 0.29) is 5.91 Å². The van der Waals surface area contributed by atoms with E-state index in [2.05, 4.69) is 41.3 Å². The highest BCUT2D eigenvalue weighted by molar-refractivity contribution is 5.91. The van der Waals surface area contributed by atoms with Crippen molar-refractivity contribution >= 4 is 5.91 Å². The van der Waals surface area contributed by atoms with Gasteiger partial charge in [-0.1, -0.05) is 26.0 Å². The zero-order chi connectivity index (χ0) is 15.9. The third kappa shape index (κ3) is 4.04. The summed E-state index contributed by atoms with van der Waals surface area (Å²) in [4.78, 5) is 19.8. The van der Waals surface area contributed by atoms with Crippen LogP contribution < -0.4 is 10.1 Å². The first kappa shape index (κ1) is 15.9. The highest BCUT2D eigenvalue weighted by Gasteiger charge is 2.09. The molecule has 0 aliphatic rings. The van der Waals surface area contributed by atoms with Gasteiger partial charge in [0.1, 0.15) is 11.4 Å². The molecule has 1 heterocycles. The van der Waals surface area contributed by atoms with Crippen LogP contribution >= 0.6 is 0 Å². The first-order valence-electron chi connectivity index (χ1n) is 7.33. The number of rotatable bonds is 6.